The van der Waals surface area contributed by atoms with Gasteiger partial charge in [-0.1, -0.05) is 29.8 Å². The van der Waals surface area contributed by atoms with Crippen LogP contribution in [0.1, 0.15) is 5.56 Å². The number of rotatable bonds is 4. The lowest BCUT2D eigenvalue weighted by atomic mass is 10.0. The third-order valence-electron chi connectivity index (χ3n) is 3.03. The minimum atomic E-state index is 0.663. The van der Waals surface area contributed by atoms with Crippen LogP contribution >= 0.6 is 0 Å². The zero-order chi connectivity index (χ0) is 13.8. The first-order valence-corrected chi connectivity index (χ1v) is 6.06. The van der Waals surface area contributed by atoms with Crippen LogP contribution in [0.25, 0.3) is 11.1 Å². The Balaban J connectivity index is 2.61. The molecule has 2 aromatic carbocycles. The van der Waals surface area contributed by atoms with Gasteiger partial charge in [0.25, 0.3) is 0 Å². The molecule has 0 aliphatic rings. The Morgan fingerprint density at radius 3 is 1.95 bits per heavy atom. The molecule has 0 N–H and O–H groups in total. The van der Waals surface area contributed by atoms with E-state index >= 15 is 0 Å². The summed E-state index contributed by atoms with van der Waals surface area (Å²) in [6.07, 6.45) is 0. The van der Waals surface area contributed by atoms with Gasteiger partial charge in [-0.05, 0) is 18.6 Å². The van der Waals surface area contributed by atoms with E-state index in [4.69, 9.17) is 14.2 Å². The average molecular weight is 258 g/mol. The molecule has 3 heteroatoms. The smallest absolute Gasteiger partial charge is 0.164 e. The summed E-state index contributed by atoms with van der Waals surface area (Å²) in [5.41, 5.74) is 3.29. The van der Waals surface area contributed by atoms with Gasteiger partial charge in [0.15, 0.2) is 11.5 Å². The molecule has 0 aliphatic carbocycles. The van der Waals surface area contributed by atoms with Gasteiger partial charge in [0.1, 0.15) is 5.75 Å². The summed E-state index contributed by atoms with van der Waals surface area (Å²) in [5.74, 6) is 2.12. The molecule has 0 fully saturated rings. The molecule has 0 amide bonds. The van der Waals surface area contributed by atoms with Crippen molar-refractivity contribution in [1.29, 1.82) is 0 Å². The second-order valence-electron chi connectivity index (χ2n) is 4.28. The molecule has 0 radical (unpaired) electrons. The number of hydrogen-bond donors (Lipinski definition) is 0. The lowest BCUT2D eigenvalue weighted by molar-refractivity contribution is 0.349. The Kier molecular flexibility index (Phi) is 3.95. The molecule has 0 bridgehead atoms. The normalized spacial score (nSPS) is 10.1. The number of methoxy groups -OCH3 is 3. The van der Waals surface area contributed by atoms with Crippen molar-refractivity contribution in [2.45, 2.75) is 6.92 Å². The van der Waals surface area contributed by atoms with E-state index < -0.39 is 0 Å². The maximum absolute atomic E-state index is 5.45. The van der Waals surface area contributed by atoms with Crippen molar-refractivity contribution in [2.75, 3.05) is 21.3 Å². The SMILES string of the molecule is COc1cc(OC)c(-c2cccc(C)c2)cc1OC. The molecular formula is C16H18O3. The highest BCUT2D eigenvalue weighted by Crippen LogP contribution is 2.40. The number of aryl methyl sites for hydroxylation is 1. The molecule has 0 unspecified atom stereocenters. The van der Waals surface area contributed by atoms with Crippen LogP contribution in [0.2, 0.25) is 0 Å². The first-order chi connectivity index (χ1) is 9.19. The van der Waals surface area contributed by atoms with E-state index in [1.165, 1.54) is 5.56 Å². The number of benzene rings is 2. The van der Waals surface area contributed by atoms with Crippen molar-refractivity contribution < 1.29 is 14.2 Å². The van der Waals surface area contributed by atoms with Gasteiger partial charge in [-0.2, -0.15) is 0 Å². The molecule has 2 aromatic rings. The molecule has 0 heterocycles. The lowest BCUT2D eigenvalue weighted by Gasteiger charge is -2.14. The van der Waals surface area contributed by atoms with Gasteiger partial charge in [-0.3, -0.25) is 0 Å². The average Bonchev–Trinajstić information content (AvgIpc) is 2.45. The van der Waals surface area contributed by atoms with Gasteiger partial charge < -0.3 is 14.2 Å². The largest absolute Gasteiger partial charge is 0.496 e. The standard InChI is InChI=1S/C16H18O3/c1-11-6-5-7-12(8-11)13-9-15(18-3)16(19-4)10-14(13)17-2/h5-10H,1-4H3. The van der Waals surface area contributed by atoms with Crippen molar-refractivity contribution in [2.24, 2.45) is 0 Å². The highest BCUT2D eigenvalue weighted by Gasteiger charge is 2.13. The van der Waals surface area contributed by atoms with Crippen molar-refractivity contribution in [3.63, 3.8) is 0 Å². The Morgan fingerprint density at radius 1 is 0.737 bits per heavy atom. The molecule has 0 saturated heterocycles. The van der Waals surface area contributed by atoms with Crippen molar-refractivity contribution >= 4 is 0 Å². The fourth-order valence-electron chi connectivity index (χ4n) is 2.07. The second kappa shape index (κ2) is 5.65. The Bertz CT molecular complexity index is 576. The lowest BCUT2D eigenvalue weighted by Crippen LogP contribution is -1.95. The van der Waals surface area contributed by atoms with Gasteiger partial charge in [-0.25, -0.2) is 0 Å². The van der Waals surface area contributed by atoms with Crippen molar-refractivity contribution in [3.8, 4) is 28.4 Å². The van der Waals surface area contributed by atoms with Gasteiger partial charge >= 0.3 is 0 Å². The van der Waals surface area contributed by atoms with E-state index in [9.17, 15) is 0 Å². The Hall–Kier alpha value is -2.16. The predicted octanol–water partition coefficient (Wildman–Crippen LogP) is 3.69. The van der Waals surface area contributed by atoms with E-state index in [0.29, 0.717) is 11.5 Å². The first kappa shape index (κ1) is 13.3. The van der Waals surface area contributed by atoms with Crippen LogP contribution in [0.5, 0.6) is 17.2 Å². The summed E-state index contributed by atoms with van der Waals surface area (Å²) in [7, 11) is 4.90. The summed E-state index contributed by atoms with van der Waals surface area (Å²) in [6.45, 7) is 2.07. The highest BCUT2D eigenvalue weighted by molar-refractivity contribution is 5.74. The number of hydrogen-bond acceptors (Lipinski definition) is 3. The van der Waals surface area contributed by atoms with Crippen LogP contribution < -0.4 is 14.2 Å². The zero-order valence-electron chi connectivity index (χ0n) is 11.7. The molecule has 0 aromatic heterocycles. The molecule has 0 saturated carbocycles. The van der Waals surface area contributed by atoms with E-state index in [0.717, 1.165) is 16.9 Å². The minimum absolute atomic E-state index is 0.663. The minimum Gasteiger partial charge on any atom is -0.496 e. The van der Waals surface area contributed by atoms with Crippen molar-refractivity contribution in [3.05, 3.63) is 42.0 Å². The van der Waals surface area contributed by atoms with Crippen LogP contribution in [0.3, 0.4) is 0 Å². The number of ether oxygens (including phenoxy) is 3. The van der Waals surface area contributed by atoms with Crippen LogP contribution in [0.4, 0.5) is 0 Å². The zero-order valence-corrected chi connectivity index (χ0v) is 11.7. The van der Waals surface area contributed by atoms with Crippen LogP contribution in [0, 0.1) is 6.92 Å². The maximum atomic E-state index is 5.45. The molecule has 100 valence electrons. The topological polar surface area (TPSA) is 27.7 Å². The van der Waals surface area contributed by atoms with Gasteiger partial charge in [0, 0.05) is 11.6 Å². The van der Waals surface area contributed by atoms with Crippen molar-refractivity contribution in [1.82, 2.24) is 0 Å². The molecule has 3 nitrogen and oxygen atoms in total. The van der Waals surface area contributed by atoms with Gasteiger partial charge in [-0.15, -0.1) is 0 Å². The molecule has 0 aliphatic heterocycles. The summed E-state index contributed by atoms with van der Waals surface area (Å²) in [5, 5.41) is 0. The molecule has 19 heavy (non-hydrogen) atoms. The maximum Gasteiger partial charge on any atom is 0.164 e. The molecule has 0 spiro atoms. The summed E-state index contributed by atoms with van der Waals surface area (Å²) in [4.78, 5) is 0. The first-order valence-electron chi connectivity index (χ1n) is 6.06. The fraction of sp³-hybridized carbons (Fsp3) is 0.250. The van der Waals surface area contributed by atoms with Crippen LogP contribution in [-0.4, -0.2) is 21.3 Å². The monoisotopic (exact) mass is 258 g/mol. The van der Waals surface area contributed by atoms with Crippen LogP contribution in [-0.2, 0) is 0 Å². The summed E-state index contributed by atoms with van der Waals surface area (Å²) < 4.78 is 16.1. The molecule has 0 atom stereocenters. The van der Waals surface area contributed by atoms with E-state index in [1.807, 2.05) is 18.2 Å². The Morgan fingerprint density at radius 2 is 1.37 bits per heavy atom. The summed E-state index contributed by atoms with van der Waals surface area (Å²) in [6, 6.07) is 12.0. The molecular weight excluding hydrogens is 240 g/mol. The third kappa shape index (κ3) is 2.65. The third-order valence-corrected chi connectivity index (χ3v) is 3.03. The van der Waals surface area contributed by atoms with E-state index in [2.05, 4.69) is 25.1 Å². The van der Waals surface area contributed by atoms with Gasteiger partial charge in [0.2, 0.25) is 0 Å². The predicted molar refractivity (Wildman–Crippen MR) is 76.3 cm³/mol. The highest BCUT2D eigenvalue weighted by atomic mass is 16.5. The second-order valence-corrected chi connectivity index (χ2v) is 4.28. The van der Waals surface area contributed by atoms with Gasteiger partial charge in [0.05, 0.1) is 21.3 Å². The fourth-order valence-corrected chi connectivity index (χ4v) is 2.07. The Labute approximate surface area is 113 Å². The molecule has 2 rings (SSSR count). The van der Waals surface area contributed by atoms with E-state index in [1.54, 1.807) is 21.3 Å². The summed E-state index contributed by atoms with van der Waals surface area (Å²) >= 11 is 0. The van der Waals surface area contributed by atoms with E-state index in [-0.39, 0.29) is 0 Å². The van der Waals surface area contributed by atoms with Crippen LogP contribution in [0.15, 0.2) is 36.4 Å². The quantitative estimate of drug-likeness (QED) is 0.837.